The van der Waals surface area contributed by atoms with E-state index in [0.29, 0.717) is 45.0 Å². The molecule has 0 bridgehead atoms. The maximum atomic E-state index is 13.2. The second-order valence-electron chi connectivity index (χ2n) is 8.98. The number of esters is 2. The summed E-state index contributed by atoms with van der Waals surface area (Å²) in [5, 5.41) is 0. The summed E-state index contributed by atoms with van der Waals surface area (Å²) in [6, 6.07) is 30.4. The molecule has 0 saturated carbocycles. The van der Waals surface area contributed by atoms with Gasteiger partial charge in [-0.3, -0.25) is 0 Å². The SMILES string of the molecule is Nc1ccccc1-c1c(N)cccc1OC(=O)c1cccc(C(=O)Oc2cccc(N)c2-c2ccccc2N)c1. The Kier molecular flexibility index (Phi) is 7.07. The number of nitrogens with two attached hydrogens (primary N) is 4. The number of rotatable bonds is 6. The lowest BCUT2D eigenvalue weighted by Gasteiger charge is -2.15. The maximum Gasteiger partial charge on any atom is 0.343 e. The highest BCUT2D eigenvalue weighted by Crippen LogP contribution is 2.40. The summed E-state index contributed by atoms with van der Waals surface area (Å²) >= 11 is 0. The number of carbonyl (C=O) groups is 2. The summed E-state index contributed by atoms with van der Waals surface area (Å²) < 4.78 is 11.4. The lowest BCUT2D eigenvalue weighted by molar-refractivity contribution is 0.0735. The fourth-order valence-corrected chi connectivity index (χ4v) is 4.38. The Balaban J connectivity index is 1.42. The molecule has 198 valence electrons. The molecule has 0 amide bonds. The molecule has 8 N–H and O–H groups in total. The minimum absolute atomic E-state index is 0.143. The molecule has 8 heteroatoms. The van der Waals surface area contributed by atoms with Crippen LogP contribution in [0.1, 0.15) is 20.7 Å². The average molecular weight is 531 g/mol. The highest BCUT2D eigenvalue weighted by molar-refractivity contribution is 5.99. The van der Waals surface area contributed by atoms with E-state index in [4.69, 9.17) is 32.4 Å². The Bertz CT molecular complexity index is 1630. The van der Waals surface area contributed by atoms with Crippen LogP contribution < -0.4 is 32.4 Å². The van der Waals surface area contributed by atoms with Crippen molar-refractivity contribution in [1.82, 2.24) is 0 Å². The molecule has 0 saturated heterocycles. The van der Waals surface area contributed by atoms with Crippen molar-refractivity contribution in [3.05, 3.63) is 120 Å². The topological polar surface area (TPSA) is 157 Å². The fraction of sp³-hybridized carbons (Fsp3) is 0. The smallest absolute Gasteiger partial charge is 0.343 e. The van der Waals surface area contributed by atoms with Gasteiger partial charge in [0.1, 0.15) is 11.5 Å². The third-order valence-corrected chi connectivity index (χ3v) is 6.32. The van der Waals surface area contributed by atoms with Gasteiger partial charge in [-0.25, -0.2) is 9.59 Å². The molecule has 5 aromatic carbocycles. The summed E-state index contributed by atoms with van der Waals surface area (Å²) in [4.78, 5) is 26.3. The number of para-hydroxylation sites is 2. The van der Waals surface area contributed by atoms with Gasteiger partial charge in [-0.05, 0) is 54.6 Å². The van der Waals surface area contributed by atoms with Crippen LogP contribution in [0.2, 0.25) is 0 Å². The molecule has 0 spiro atoms. The summed E-state index contributed by atoms with van der Waals surface area (Å²) in [5.41, 5.74) is 29.1. The molecule has 0 heterocycles. The van der Waals surface area contributed by atoms with Crippen molar-refractivity contribution in [2.75, 3.05) is 22.9 Å². The number of benzene rings is 5. The van der Waals surface area contributed by atoms with E-state index in [1.54, 1.807) is 91.0 Å². The van der Waals surface area contributed by atoms with E-state index in [-0.39, 0.29) is 22.6 Å². The van der Waals surface area contributed by atoms with E-state index in [1.807, 2.05) is 12.1 Å². The predicted octanol–water partition coefficient (Wildman–Crippen LogP) is 5.79. The van der Waals surface area contributed by atoms with Gasteiger partial charge < -0.3 is 32.4 Å². The van der Waals surface area contributed by atoms with Crippen LogP contribution >= 0.6 is 0 Å². The van der Waals surface area contributed by atoms with Crippen molar-refractivity contribution < 1.29 is 19.1 Å². The third-order valence-electron chi connectivity index (χ3n) is 6.32. The Hall–Kier alpha value is -5.76. The summed E-state index contributed by atoms with van der Waals surface area (Å²) in [6.07, 6.45) is 0. The lowest BCUT2D eigenvalue weighted by Crippen LogP contribution is -2.13. The van der Waals surface area contributed by atoms with Crippen LogP contribution in [0.25, 0.3) is 22.3 Å². The summed E-state index contributed by atoms with van der Waals surface area (Å²) in [5.74, 6) is -0.892. The summed E-state index contributed by atoms with van der Waals surface area (Å²) in [6.45, 7) is 0. The van der Waals surface area contributed by atoms with Gasteiger partial charge in [0.25, 0.3) is 0 Å². The number of anilines is 4. The normalized spacial score (nSPS) is 10.6. The van der Waals surface area contributed by atoms with Gasteiger partial charge in [-0.1, -0.05) is 54.6 Å². The number of ether oxygens (including phenoxy) is 2. The van der Waals surface area contributed by atoms with Crippen LogP contribution in [-0.2, 0) is 0 Å². The molecule has 0 unspecified atom stereocenters. The molecular formula is C32H26N4O4. The third kappa shape index (κ3) is 5.14. The molecule has 40 heavy (non-hydrogen) atoms. The van der Waals surface area contributed by atoms with Crippen LogP contribution in [0.5, 0.6) is 11.5 Å². The number of carbonyl (C=O) groups excluding carboxylic acids is 2. The molecule has 5 aromatic rings. The van der Waals surface area contributed by atoms with Crippen molar-refractivity contribution in [2.24, 2.45) is 0 Å². The zero-order valence-corrected chi connectivity index (χ0v) is 21.3. The quantitative estimate of drug-likeness (QED) is 0.122. The molecule has 0 aliphatic carbocycles. The second-order valence-corrected chi connectivity index (χ2v) is 8.98. The summed E-state index contributed by atoms with van der Waals surface area (Å²) in [7, 11) is 0. The molecule has 0 aromatic heterocycles. The molecule has 0 aliphatic rings. The van der Waals surface area contributed by atoms with Crippen molar-refractivity contribution in [3.8, 4) is 33.8 Å². The predicted molar refractivity (Wildman–Crippen MR) is 158 cm³/mol. The van der Waals surface area contributed by atoms with Gasteiger partial charge in [0.2, 0.25) is 0 Å². The molecule has 5 rings (SSSR count). The first kappa shape index (κ1) is 25.9. The monoisotopic (exact) mass is 530 g/mol. The zero-order valence-electron chi connectivity index (χ0n) is 21.3. The number of hydrogen-bond acceptors (Lipinski definition) is 8. The fourth-order valence-electron chi connectivity index (χ4n) is 4.38. The molecule has 8 nitrogen and oxygen atoms in total. The second kappa shape index (κ2) is 10.9. The Morgan fingerprint density at radius 1 is 0.450 bits per heavy atom. The highest BCUT2D eigenvalue weighted by Gasteiger charge is 2.20. The zero-order chi connectivity index (χ0) is 28.2. The Morgan fingerprint density at radius 2 is 0.825 bits per heavy atom. The van der Waals surface area contributed by atoms with Crippen molar-refractivity contribution >= 4 is 34.7 Å². The van der Waals surface area contributed by atoms with Gasteiger partial charge >= 0.3 is 11.9 Å². The van der Waals surface area contributed by atoms with E-state index in [9.17, 15) is 9.59 Å². The van der Waals surface area contributed by atoms with Gasteiger partial charge in [-0.15, -0.1) is 0 Å². The van der Waals surface area contributed by atoms with Gasteiger partial charge in [0.15, 0.2) is 0 Å². The maximum absolute atomic E-state index is 13.2. The number of hydrogen-bond donors (Lipinski definition) is 4. The minimum atomic E-state index is -0.683. The Morgan fingerprint density at radius 3 is 1.25 bits per heavy atom. The van der Waals surface area contributed by atoms with E-state index in [2.05, 4.69) is 0 Å². The largest absolute Gasteiger partial charge is 0.422 e. The average Bonchev–Trinajstić information content (AvgIpc) is 2.95. The Labute approximate surface area is 230 Å². The van der Waals surface area contributed by atoms with Crippen molar-refractivity contribution in [1.29, 1.82) is 0 Å². The van der Waals surface area contributed by atoms with Gasteiger partial charge in [0.05, 0.1) is 11.1 Å². The standard InChI is InChI=1S/C32H26N4O4/c33-23-12-3-1-10-21(23)29-25(35)14-6-16-27(29)39-31(37)19-8-5-9-20(18-19)32(38)40-28-17-7-15-26(36)30(28)22-11-2-4-13-24(22)34/h1-18H,33-36H2. The van der Waals surface area contributed by atoms with Crippen LogP contribution in [-0.4, -0.2) is 11.9 Å². The van der Waals surface area contributed by atoms with Crippen LogP contribution in [0, 0.1) is 0 Å². The van der Waals surface area contributed by atoms with Crippen LogP contribution in [0.15, 0.2) is 109 Å². The van der Waals surface area contributed by atoms with Crippen LogP contribution in [0.4, 0.5) is 22.7 Å². The molecule has 0 radical (unpaired) electrons. The highest BCUT2D eigenvalue weighted by atomic mass is 16.5. The van der Waals surface area contributed by atoms with Crippen molar-refractivity contribution in [2.45, 2.75) is 0 Å². The van der Waals surface area contributed by atoms with E-state index in [0.717, 1.165) is 0 Å². The van der Waals surface area contributed by atoms with Crippen LogP contribution in [0.3, 0.4) is 0 Å². The first-order valence-corrected chi connectivity index (χ1v) is 12.3. The molecule has 0 fully saturated rings. The number of nitrogen functional groups attached to an aromatic ring is 4. The van der Waals surface area contributed by atoms with Gasteiger partial charge in [0, 0.05) is 45.0 Å². The molecule has 0 atom stereocenters. The minimum Gasteiger partial charge on any atom is -0.422 e. The first-order valence-electron chi connectivity index (χ1n) is 12.3. The molecular weight excluding hydrogens is 504 g/mol. The lowest BCUT2D eigenvalue weighted by atomic mass is 10.0. The molecule has 0 aliphatic heterocycles. The van der Waals surface area contributed by atoms with E-state index >= 15 is 0 Å². The van der Waals surface area contributed by atoms with E-state index in [1.165, 1.54) is 6.07 Å². The first-order chi connectivity index (χ1) is 19.3. The van der Waals surface area contributed by atoms with Gasteiger partial charge in [-0.2, -0.15) is 0 Å². The van der Waals surface area contributed by atoms with Crippen molar-refractivity contribution in [3.63, 3.8) is 0 Å². The van der Waals surface area contributed by atoms with E-state index < -0.39 is 11.9 Å².